The molecule has 2 atom stereocenters. The Morgan fingerprint density at radius 2 is 2.06 bits per heavy atom. The summed E-state index contributed by atoms with van der Waals surface area (Å²) in [6.07, 6.45) is 6.07. The summed E-state index contributed by atoms with van der Waals surface area (Å²) in [5.41, 5.74) is 2.64. The zero-order valence-corrected chi connectivity index (χ0v) is 10.5. The summed E-state index contributed by atoms with van der Waals surface area (Å²) in [5.74, 6) is 1.60. The summed E-state index contributed by atoms with van der Waals surface area (Å²) in [6.45, 7) is 1.20. The van der Waals surface area contributed by atoms with Crippen molar-refractivity contribution in [1.29, 1.82) is 0 Å². The fraction of sp³-hybridized carbons (Fsp3) is 0.438. The number of nitrogens with zero attached hydrogens (tertiary/aromatic N) is 1. The molecule has 1 aromatic carbocycles. The molecule has 0 bridgehead atoms. The molecule has 2 aliphatic carbocycles. The van der Waals surface area contributed by atoms with Crippen LogP contribution in [0, 0.1) is 5.92 Å². The van der Waals surface area contributed by atoms with Crippen LogP contribution in [0.15, 0.2) is 36.5 Å². The largest absolute Gasteiger partial charge is 0.314 e. The van der Waals surface area contributed by atoms with Crippen LogP contribution in [-0.2, 0) is 0 Å². The summed E-state index contributed by atoms with van der Waals surface area (Å²) in [5, 5.41) is 5.00. The molecule has 0 spiro atoms. The quantitative estimate of drug-likeness (QED) is 0.885. The number of pyridine rings is 1. The lowest BCUT2D eigenvalue weighted by Crippen LogP contribution is -2.19. The minimum Gasteiger partial charge on any atom is -0.314 e. The van der Waals surface area contributed by atoms with Gasteiger partial charge in [0.25, 0.3) is 0 Å². The molecule has 18 heavy (non-hydrogen) atoms. The van der Waals surface area contributed by atoms with E-state index < -0.39 is 0 Å². The van der Waals surface area contributed by atoms with Crippen molar-refractivity contribution in [2.75, 3.05) is 6.54 Å². The van der Waals surface area contributed by atoms with Gasteiger partial charge in [0, 0.05) is 17.6 Å². The summed E-state index contributed by atoms with van der Waals surface area (Å²) in [6, 6.07) is 11.6. The van der Waals surface area contributed by atoms with E-state index in [-0.39, 0.29) is 0 Å². The molecule has 2 fully saturated rings. The molecule has 0 aliphatic heterocycles. The highest BCUT2D eigenvalue weighted by atomic mass is 15.0. The number of benzene rings is 1. The van der Waals surface area contributed by atoms with Gasteiger partial charge in [-0.05, 0) is 55.3 Å². The Balaban J connectivity index is 1.56. The van der Waals surface area contributed by atoms with Gasteiger partial charge in [0.15, 0.2) is 0 Å². The van der Waals surface area contributed by atoms with Crippen molar-refractivity contribution in [2.45, 2.75) is 31.2 Å². The van der Waals surface area contributed by atoms with Gasteiger partial charge in [0.2, 0.25) is 0 Å². The molecule has 4 rings (SSSR count). The average molecular weight is 238 g/mol. The van der Waals surface area contributed by atoms with E-state index in [4.69, 9.17) is 0 Å². The highest BCUT2D eigenvalue weighted by Gasteiger charge is 2.39. The predicted octanol–water partition coefficient (Wildman–Crippen LogP) is 3.09. The zero-order valence-electron chi connectivity index (χ0n) is 10.5. The van der Waals surface area contributed by atoms with Crippen LogP contribution in [0.5, 0.6) is 0 Å². The first-order valence-corrected chi connectivity index (χ1v) is 6.99. The fourth-order valence-electron chi connectivity index (χ4n) is 2.90. The molecule has 1 N–H and O–H groups in total. The van der Waals surface area contributed by atoms with Crippen LogP contribution in [0.25, 0.3) is 10.9 Å². The van der Waals surface area contributed by atoms with Crippen molar-refractivity contribution in [3.8, 4) is 0 Å². The molecule has 0 amide bonds. The number of para-hydroxylation sites is 1. The van der Waals surface area contributed by atoms with E-state index in [1.54, 1.807) is 0 Å². The molecule has 2 saturated carbocycles. The molecular formula is C16H18N2. The lowest BCUT2D eigenvalue weighted by atomic mass is 10.0. The lowest BCUT2D eigenvalue weighted by molar-refractivity contribution is 0.624. The van der Waals surface area contributed by atoms with Gasteiger partial charge in [0.05, 0.1) is 5.52 Å². The minimum absolute atomic E-state index is 0.754. The molecule has 1 heterocycles. The van der Waals surface area contributed by atoms with Crippen molar-refractivity contribution < 1.29 is 0 Å². The Kier molecular flexibility index (Phi) is 2.37. The van der Waals surface area contributed by atoms with Gasteiger partial charge in [-0.2, -0.15) is 0 Å². The highest BCUT2D eigenvalue weighted by molar-refractivity contribution is 5.82. The SMILES string of the molecule is c1ccc2c(C3CC3CNC3CC3)ccnc2c1. The maximum atomic E-state index is 4.45. The number of nitrogens with one attached hydrogen (secondary N) is 1. The van der Waals surface area contributed by atoms with Gasteiger partial charge in [0.1, 0.15) is 0 Å². The van der Waals surface area contributed by atoms with Gasteiger partial charge in [-0.1, -0.05) is 18.2 Å². The number of hydrogen-bond donors (Lipinski definition) is 1. The first-order chi connectivity index (χ1) is 8.92. The van der Waals surface area contributed by atoms with Crippen molar-refractivity contribution in [2.24, 2.45) is 5.92 Å². The van der Waals surface area contributed by atoms with Crippen molar-refractivity contribution in [3.05, 3.63) is 42.1 Å². The third-order valence-corrected chi connectivity index (χ3v) is 4.25. The van der Waals surface area contributed by atoms with Gasteiger partial charge in [-0.3, -0.25) is 4.98 Å². The number of aromatic nitrogens is 1. The lowest BCUT2D eigenvalue weighted by Gasteiger charge is -2.06. The fourth-order valence-corrected chi connectivity index (χ4v) is 2.90. The van der Waals surface area contributed by atoms with Crippen LogP contribution in [0.2, 0.25) is 0 Å². The normalized spacial score (nSPS) is 26.4. The van der Waals surface area contributed by atoms with Crippen LogP contribution in [0.4, 0.5) is 0 Å². The first-order valence-electron chi connectivity index (χ1n) is 6.99. The molecule has 0 saturated heterocycles. The first kappa shape index (κ1) is 10.5. The maximum absolute atomic E-state index is 4.45. The van der Waals surface area contributed by atoms with E-state index in [1.807, 2.05) is 6.20 Å². The maximum Gasteiger partial charge on any atom is 0.0704 e. The number of hydrogen-bond acceptors (Lipinski definition) is 2. The van der Waals surface area contributed by atoms with E-state index >= 15 is 0 Å². The van der Waals surface area contributed by atoms with Crippen LogP contribution < -0.4 is 5.32 Å². The van der Waals surface area contributed by atoms with Gasteiger partial charge in [-0.25, -0.2) is 0 Å². The Morgan fingerprint density at radius 1 is 1.17 bits per heavy atom. The summed E-state index contributed by atoms with van der Waals surface area (Å²) in [4.78, 5) is 4.45. The Labute approximate surface area is 107 Å². The van der Waals surface area contributed by atoms with Crippen molar-refractivity contribution >= 4 is 10.9 Å². The van der Waals surface area contributed by atoms with Crippen LogP contribution in [0.3, 0.4) is 0 Å². The van der Waals surface area contributed by atoms with E-state index in [1.165, 1.54) is 36.8 Å². The summed E-state index contributed by atoms with van der Waals surface area (Å²) >= 11 is 0. The molecule has 2 unspecified atom stereocenters. The third kappa shape index (κ3) is 1.91. The molecule has 2 heteroatoms. The topological polar surface area (TPSA) is 24.9 Å². The van der Waals surface area contributed by atoms with Gasteiger partial charge < -0.3 is 5.32 Å². The van der Waals surface area contributed by atoms with E-state index in [0.717, 1.165) is 23.4 Å². The molecule has 92 valence electrons. The Bertz CT molecular complexity index is 569. The predicted molar refractivity (Wildman–Crippen MR) is 73.6 cm³/mol. The summed E-state index contributed by atoms with van der Waals surface area (Å²) < 4.78 is 0. The Morgan fingerprint density at radius 3 is 2.94 bits per heavy atom. The summed E-state index contributed by atoms with van der Waals surface area (Å²) in [7, 11) is 0. The van der Waals surface area contributed by atoms with Crippen LogP contribution in [-0.4, -0.2) is 17.6 Å². The van der Waals surface area contributed by atoms with E-state index in [2.05, 4.69) is 40.6 Å². The zero-order chi connectivity index (χ0) is 11.9. The third-order valence-electron chi connectivity index (χ3n) is 4.25. The molecular weight excluding hydrogens is 220 g/mol. The molecule has 1 aromatic heterocycles. The standard InChI is InChI=1S/C16H18N2/c1-2-4-16-14(3-1)13(7-8-17-16)15-9-11(15)10-18-12-5-6-12/h1-4,7-8,11-12,15,18H,5-6,9-10H2. The van der Waals surface area contributed by atoms with Crippen molar-refractivity contribution in [3.63, 3.8) is 0 Å². The second-order valence-electron chi connectivity index (χ2n) is 5.70. The monoisotopic (exact) mass is 238 g/mol. The van der Waals surface area contributed by atoms with Gasteiger partial charge >= 0.3 is 0 Å². The Hall–Kier alpha value is -1.41. The second kappa shape index (κ2) is 4.06. The van der Waals surface area contributed by atoms with Crippen LogP contribution in [0.1, 0.15) is 30.7 Å². The van der Waals surface area contributed by atoms with Crippen LogP contribution >= 0.6 is 0 Å². The van der Waals surface area contributed by atoms with Gasteiger partial charge in [-0.15, -0.1) is 0 Å². The minimum atomic E-state index is 0.754. The highest BCUT2D eigenvalue weighted by Crippen LogP contribution is 2.49. The van der Waals surface area contributed by atoms with Crippen molar-refractivity contribution in [1.82, 2.24) is 10.3 Å². The number of rotatable bonds is 4. The molecule has 2 aromatic rings. The molecule has 2 nitrogen and oxygen atoms in total. The van der Waals surface area contributed by atoms with E-state index in [9.17, 15) is 0 Å². The smallest absolute Gasteiger partial charge is 0.0704 e. The average Bonchev–Trinajstić information content (AvgIpc) is 3.30. The molecule has 2 aliphatic rings. The van der Waals surface area contributed by atoms with E-state index in [0.29, 0.717) is 0 Å². The second-order valence-corrected chi connectivity index (χ2v) is 5.70. The number of fused-ring (bicyclic) bond motifs is 1. The molecule has 0 radical (unpaired) electrons.